The zero-order valence-electron chi connectivity index (χ0n) is 17.6. The van der Waals surface area contributed by atoms with Crippen molar-refractivity contribution >= 4 is 17.4 Å². The fourth-order valence-electron chi connectivity index (χ4n) is 3.76. The van der Waals surface area contributed by atoms with E-state index in [2.05, 4.69) is 27.8 Å². The highest BCUT2D eigenvalue weighted by Crippen LogP contribution is 2.22. The molecule has 2 aromatic heterocycles. The van der Waals surface area contributed by atoms with Gasteiger partial charge in [0.1, 0.15) is 5.82 Å². The number of morpholine rings is 1. The van der Waals surface area contributed by atoms with Gasteiger partial charge in [0.05, 0.1) is 24.9 Å². The molecule has 0 radical (unpaired) electrons. The summed E-state index contributed by atoms with van der Waals surface area (Å²) >= 11 is 0. The van der Waals surface area contributed by atoms with Crippen LogP contribution in [-0.2, 0) is 11.3 Å². The van der Waals surface area contributed by atoms with Crippen LogP contribution in [0.2, 0.25) is 0 Å². The van der Waals surface area contributed by atoms with Crippen LogP contribution >= 0.6 is 0 Å². The molecule has 31 heavy (non-hydrogen) atoms. The summed E-state index contributed by atoms with van der Waals surface area (Å²) in [5.41, 5.74) is 2.00. The molecule has 0 bridgehead atoms. The summed E-state index contributed by atoms with van der Waals surface area (Å²) in [7, 11) is 0. The van der Waals surface area contributed by atoms with Crippen LogP contribution in [0, 0.1) is 5.82 Å². The Morgan fingerprint density at radius 3 is 2.84 bits per heavy atom. The molecule has 1 unspecified atom stereocenters. The van der Waals surface area contributed by atoms with E-state index in [-0.39, 0.29) is 24.4 Å². The molecule has 2 N–H and O–H groups in total. The number of nitrogens with one attached hydrogen (secondary N) is 2. The summed E-state index contributed by atoms with van der Waals surface area (Å²) in [6, 6.07) is 10.1. The summed E-state index contributed by atoms with van der Waals surface area (Å²) in [5, 5.41) is 14.2. The van der Waals surface area contributed by atoms with Gasteiger partial charge >= 0.3 is 6.03 Å². The minimum atomic E-state index is -0.330. The Kier molecular flexibility index (Phi) is 6.61. The molecule has 3 heterocycles. The second-order valence-electron chi connectivity index (χ2n) is 7.54. The zero-order valence-corrected chi connectivity index (χ0v) is 17.6. The molecular formula is C22H27FN6O2. The van der Waals surface area contributed by atoms with E-state index in [9.17, 15) is 9.18 Å². The van der Waals surface area contributed by atoms with Gasteiger partial charge in [-0.2, -0.15) is 0 Å². The van der Waals surface area contributed by atoms with Crippen molar-refractivity contribution in [3.05, 3.63) is 59.8 Å². The van der Waals surface area contributed by atoms with E-state index in [0.717, 1.165) is 18.5 Å². The van der Waals surface area contributed by atoms with Gasteiger partial charge in [0.2, 0.25) is 0 Å². The molecule has 4 rings (SSSR count). The van der Waals surface area contributed by atoms with Crippen LogP contribution < -0.4 is 15.5 Å². The molecule has 8 nitrogen and oxygen atoms in total. The van der Waals surface area contributed by atoms with Crippen molar-refractivity contribution in [1.29, 1.82) is 0 Å². The molecule has 1 fully saturated rings. The largest absolute Gasteiger partial charge is 0.378 e. The van der Waals surface area contributed by atoms with Crippen LogP contribution in [0.25, 0.3) is 5.65 Å². The van der Waals surface area contributed by atoms with Gasteiger partial charge in [0.25, 0.3) is 0 Å². The lowest BCUT2D eigenvalue weighted by atomic mass is 10.1. The van der Waals surface area contributed by atoms with E-state index >= 15 is 0 Å². The van der Waals surface area contributed by atoms with Crippen molar-refractivity contribution in [1.82, 2.24) is 25.2 Å². The van der Waals surface area contributed by atoms with Crippen LogP contribution in [0.3, 0.4) is 0 Å². The maximum Gasteiger partial charge on any atom is 0.315 e. The molecule has 1 aliphatic heterocycles. The zero-order chi connectivity index (χ0) is 21.6. The van der Waals surface area contributed by atoms with Crippen molar-refractivity contribution < 1.29 is 13.9 Å². The number of urea groups is 1. The number of pyridine rings is 1. The molecule has 1 atom stereocenters. The van der Waals surface area contributed by atoms with Crippen molar-refractivity contribution in [2.45, 2.75) is 32.4 Å². The number of hydrogen-bond acceptors (Lipinski definition) is 5. The van der Waals surface area contributed by atoms with Gasteiger partial charge < -0.3 is 20.3 Å². The monoisotopic (exact) mass is 426 g/mol. The Labute approximate surface area is 180 Å². The number of halogens is 1. The highest BCUT2D eigenvalue weighted by Gasteiger charge is 2.20. The number of aromatic nitrogens is 3. The molecule has 2 amide bonds. The number of anilines is 1. The predicted molar refractivity (Wildman–Crippen MR) is 115 cm³/mol. The van der Waals surface area contributed by atoms with E-state index in [1.807, 2.05) is 39.8 Å². The lowest BCUT2D eigenvalue weighted by molar-refractivity contribution is 0.122. The third-order valence-electron chi connectivity index (χ3n) is 5.35. The lowest BCUT2D eigenvalue weighted by Crippen LogP contribution is -2.38. The normalized spacial score (nSPS) is 15.1. The molecule has 1 aliphatic rings. The second-order valence-corrected chi connectivity index (χ2v) is 7.54. The number of carbonyl (C=O) groups is 1. The Bertz CT molecular complexity index is 1030. The molecule has 0 saturated carbocycles. The number of fused-ring (bicyclic) bond motifs is 1. The summed E-state index contributed by atoms with van der Waals surface area (Å²) < 4.78 is 21.8. The first-order valence-corrected chi connectivity index (χ1v) is 10.6. The molecule has 9 heteroatoms. The van der Waals surface area contributed by atoms with E-state index in [1.54, 1.807) is 6.07 Å². The van der Waals surface area contributed by atoms with Gasteiger partial charge in [-0.3, -0.25) is 4.40 Å². The van der Waals surface area contributed by atoms with E-state index in [0.29, 0.717) is 43.4 Å². The predicted octanol–water partition coefficient (Wildman–Crippen LogP) is 3.05. The average molecular weight is 426 g/mol. The van der Waals surface area contributed by atoms with Gasteiger partial charge in [0, 0.05) is 25.8 Å². The number of amides is 2. The minimum Gasteiger partial charge on any atom is -0.378 e. The highest BCUT2D eigenvalue weighted by molar-refractivity contribution is 5.74. The Morgan fingerprint density at radius 1 is 1.23 bits per heavy atom. The number of hydrogen-bond donors (Lipinski definition) is 2. The van der Waals surface area contributed by atoms with Crippen molar-refractivity contribution in [3.8, 4) is 0 Å². The van der Waals surface area contributed by atoms with E-state index < -0.39 is 0 Å². The molecule has 3 aromatic rings. The molecule has 0 spiro atoms. The fourth-order valence-corrected chi connectivity index (χ4v) is 3.76. The first-order chi connectivity index (χ1) is 15.2. The number of nitrogens with zero attached hydrogens (tertiary/aromatic N) is 4. The van der Waals surface area contributed by atoms with E-state index in [1.165, 1.54) is 6.07 Å². The number of ether oxygens (including phenoxy) is 1. The van der Waals surface area contributed by atoms with Gasteiger partial charge in [-0.05, 0) is 36.2 Å². The topological polar surface area (TPSA) is 83.8 Å². The first kappa shape index (κ1) is 21.0. The summed E-state index contributed by atoms with van der Waals surface area (Å²) in [5.74, 6) is 0.397. The Hall–Kier alpha value is -3.20. The maximum absolute atomic E-state index is 14.6. The van der Waals surface area contributed by atoms with Crippen molar-refractivity contribution in [2.24, 2.45) is 0 Å². The van der Waals surface area contributed by atoms with Gasteiger partial charge in [-0.1, -0.05) is 25.5 Å². The van der Waals surface area contributed by atoms with Crippen LogP contribution in [0.5, 0.6) is 0 Å². The van der Waals surface area contributed by atoms with Crippen LogP contribution in [-0.4, -0.2) is 46.9 Å². The van der Waals surface area contributed by atoms with Gasteiger partial charge in [0.15, 0.2) is 11.5 Å². The van der Waals surface area contributed by atoms with Crippen molar-refractivity contribution in [2.75, 3.05) is 31.2 Å². The smallest absolute Gasteiger partial charge is 0.315 e. The lowest BCUT2D eigenvalue weighted by Gasteiger charge is -2.29. The summed E-state index contributed by atoms with van der Waals surface area (Å²) in [6.45, 7) is 4.83. The molecular weight excluding hydrogens is 399 g/mol. The highest BCUT2D eigenvalue weighted by atomic mass is 19.1. The summed E-state index contributed by atoms with van der Waals surface area (Å²) in [4.78, 5) is 14.5. The molecule has 1 saturated heterocycles. The molecule has 164 valence electrons. The van der Waals surface area contributed by atoms with Crippen LogP contribution in [0.4, 0.5) is 14.9 Å². The fraction of sp³-hybridized carbons (Fsp3) is 0.409. The average Bonchev–Trinajstić information content (AvgIpc) is 3.22. The first-order valence-electron chi connectivity index (χ1n) is 10.6. The van der Waals surface area contributed by atoms with Crippen molar-refractivity contribution in [3.63, 3.8) is 0 Å². The van der Waals surface area contributed by atoms with Gasteiger partial charge in [-0.25, -0.2) is 9.18 Å². The minimum absolute atomic E-state index is 0.228. The van der Waals surface area contributed by atoms with Gasteiger partial charge in [-0.15, -0.1) is 10.2 Å². The number of rotatable bonds is 7. The quantitative estimate of drug-likeness (QED) is 0.607. The third-order valence-corrected chi connectivity index (χ3v) is 5.35. The Balaban J connectivity index is 1.38. The maximum atomic E-state index is 14.6. The third kappa shape index (κ3) is 4.93. The number of benzene rings is 1. The van der Waals surface area contributed by atoms with E-state index in [4.69, 9.17) is 4.74 Å². The second kappa shape index (κ2) is 9.74. The molecule has 1 aromatic carbocycles. The standard InChI is InChI=1S/C22H27FN6O2/c1-2-5-18(21-27-26-20-6-3-4-9-29(20)21)25-22(30)24-15-16-7-8-19(17(23)14-16)28-10-12-31-13-11-28/h3-4,6-9,14,18H,2,5,10-13,15H2,1H3,(H2,24,25,30). The Morgan fingerprint density at radius 2 is 2.06 bits per heavy atom. The summed E-state index contributed by atoms with van der Waals surface area (Å²) in [6.07, 6.45) is 3.48. The molecule has 0 aliphatic carbocycles. The van der Waals surface area contributed by atoms with Crippen LogP contribution in [0.1, 0.15) is 37.2 Å². The van der Waals surface area contributed by atoms with Crippen LogP contribution in [0.15, 0.2) is 42.6 Å². The number of carbonyl (C=O) groups excluding carboxylic acids is 1. The SMILES string of the molecule is CCCC(NC(=O)NCc1ccc(N2CCOCC2)c(F)c1)c1nnc2ccccn12.